The highest BCUT2D eigenvalue weighted by atomic mass is 35.5. The van der Waals surface area contributed by atoms with Gasteiger partial charge < -0.3 is 4.74 Å². The Balaban J connectivity index is 2.49. The zero-order chi connectivity index (χ0) is 11.1. The minimum atomic E-state index is -0.0629. The van der Waals surface area contributed by atoms with Crippen LogP contribution in [-0.4, -0.2) is 25.0 Å². The van der Waals surface area contributed by atoms with Crippen LogP contribution in [0.2, 0.25) is 0 Å². The summed E-state index contributed by atoms with van der Waals surface area (Å²) >= 11 is 5.64. The topological polar surface area (TPSA) is 64.3 Å². The highest BCUT2D eigenvalue weighted by Crippen LogP contribution is 2.27. The molecule has 1 aliphatic heterocycles. The Hall–Kier alpha value is -0.320. The second-order valence-electron chi connectivity index (χ2n) is 3.90. The molecular formula is C10H19ClN2O2. The van der Waals surface area contributed by atoms with Gasteiger partial charge >= 0.3 is 0 Å². The van der Waals surface area contributed by atoms with Gasteiger partial charge in [-0.1, -0.05) is 0 Å². The number of halogens is 1. The van der Waals surface area contributed by atoms with E-state index < -0.39 is 0 Å². The van der Waals surface area contributed by atoms with Crippen LogP contribution in [0.15, 0.2) is 0 Å². The van der Waals surface area contributed by atoms with Crippen molar-refractivity contribution in [2.45, 2.75) is 25.7 Å². The number of amides is 1. The van der Waals surface area contributed by atoms with Crippen molar-refractivity contribution in [2.75, 3.05) is 19.1 Å². The van der Waals surface area contributed by atoms with Crippen LogP contribution in [0.1, 0.15) is 25.7 Å². The third-order valence-corrected chi connectivity index (χ3v) is 3.23. The fourth-order valence-corrected chi connectivity index (χ4v) is 2.26. The maximum absolute atomic E-state index is 11.6. The van der Waals surface area contributed by atoms with Crippen LogP contribution >= 0.6 is 11.6 Å². The Labute approximate surface area is 95.5 Å². The van der Waals surface area contributed by atoms with Gasteiger partial charge in [-0.25, -0.2) is 5.84 Å². The summed E-state index contributed by atoms with van der Waals surface area (Å²) in [7, 11) is 0. The zero-order valence-electron chi connectivity index (χ0n) is 8.88. The Morgan fingerprint density at radius 3 is 2.73 bits per heavy atom. The molecule has 1 aliphatic rings. The Morgan fingerprint density at radius 1 is 1.53 bits per heavy atom. The van der Waals surface area contributed by atoms with E-state index in [-0.39, 0.29) is 11.8 Å². The maximum atomic E-state index is 11.6. The van der Waals surface area contributed by atoms with E-state index in [0.717, 1.165) is 38.9 Å². The molecule has 0 aromatic heterocycles. The molecule has 15 heavy (non-hydrogen) atoms. The molecule has 3 N–H and O–H groups in total. The third-order valence-electron chi connectivity index (χ3n) is 2.96. The number of hydrogen-bond donors (Lipinski definition) is 2. The van der Waals surface area contributed by atoms with Crippen molar-refractivity contribution in [2.24, 2.45) is 17.7 Å². The largest absolute Gasteiger partial charge is 0.381 e. The molecule has 1 heterocycles. The van der Waals surface area contributed by atoms with Crippen molar-refractivity contribution in [3.05, 3.63) is 0 Å². The molecule has 5 heteroatoms. The first-order valence-corrected chi connectivity index (χ1v) is 5.97. The summed E-state index contributed by atoms with van der Waals surface area (Å²) in [5, 5.41) is 0. The van der Waals surface area contributed by atoms with Crippen molar-refractivity contribution in [3.63, 3.8) is 0 Å². The lowest BCUT2D eigenvalue weighted by Crippen LogP contribution is -2.40. The predicted molar refractivity (Wildman–Crippen MR) is 59.3 cm³/mol. The third kappa shape index (κ3) is 3.97. The van der Waals surface area contributed by atoms with Gasteiger partial charge in [-0.3, -0.25) is 10.2 Å². The van der Waals surface area contributed by atoms with Crippen LogP contribution in [0.3, 0.4) is 0 Å². The Morgan fingerprint density at radius 2 is 2.20 bits per heavy atom. The minimum Gasteiger partial charge on any atom is -0.381 e. The monoisotopic (exact) mass is 234 g/mol. The first-order valence-electron chi connectivity index (χ1n) is 5.43. The number of alkyl halides is 1. The first kappa shape index (κ1) is 12.7. The van der Waals surface area contributed by atoms with Crippen LogP contribution in [0, 0.1) is 11.8 Å². The lowest BCUT2D eigenvalue weighted by Gasteiger charge is -2.28. The zero-order valence-corrected chi connectivity index (χ0v) is 9.63. The summed E-state index contributed by atoms with van der Waals surface area (Å²) in [6.07, 6.45) is 3.56. The van der Waals surface area contributed by atoms with Crippen LogP contribution in [0.5, 0.6) is 0 Å². The van der Waals surface area contributed by atoms with Gasteiger partial charge in [-0.2, -0.15) is 0 Å². The van der Waals surface area contributed by atoms with Gasteiger partial charge in [0.25, 0.3) is 0 Å². The average Bonchev–Trinajstić information content (AvgIpc) is 2.30. The van der Waals surface area contributed by atoms with Gasteiger partial charge in [0, 0.05) is 25.0 Å². The number of ether oxygens (including phenoxy) is 1. The summed E-state index contributed by atoms with van der Waals surface area (Å²) in [6.45, 7) is 1.50. The van der Waals surface area contributed by atoms with Gasteiger partial charge in [0.1, 0.15) is 0 Å². The van der Waals surface area contributed by atoms with Gasteiger partial charge in [0.2, 0.25) is 5.91 Å². The molecule has 0 aromatic rings. The number of rotatable bonds is 5. The average molecular weight is 235 g/mol. The summed E-state index contributed by atoms with van der Waals surface area (Å²) < 4.78 is 5.28. The molecule has 1 unspecified atom stereocenters. The molecule has 0 radical (unpaired) electrons. The lowest BCUT2D eigenvalue weighted by atomic mass is 9.82. The van der Waals surface area contributed by atoms with E-state index in [9.17, 15) is 4.79 Å². The molecule has 0 aliphatic carbocycles. The van der Waals surface area contributed by atoms with Crippen molar-refractivity contribution >= 4 is 17.5 Å². The summed E-state index contributed by atoms with van der Waals surface area (Å²) in [5.74, 6) is 6.11. The number of hydrogen-bond acceptors (Lipinski definition) is 3. The quantitative estimate of drug-likeness (QED) is 0.323. The summed E-state index contributed by atoms with van der Waals surface area (Å²) in [5.41, 5.74) is 2.25. The number of carbonyl (C=O) groups excluding carboxylic acids is 1. The second kappa shape index (κ2) is 7.04. The number of nitrogens with one attached hydrogen (secondary N) is 1. The molecule has 1 atom stereocenters. The summed E-state index contributed by atoms with van der Waals surface area (Å²) in [4.78, 5) is 11.6. The second-order valence-corrected chi connectivity index (χ2v) is 4.27. The number of hydrazine groups is 1. The molecule has 4 nitrogen and oxygen atoms in total. The van der Waals surface area contributed by atoms with Crippen molar-refractivity contribution in [1.29, 1.82) is 0 Å². The van der Waals surface area contributed by atoms with Gasteiger partial charge in [0.15, 0.2) is 0 Å². The molecule has 0 aromatic carbocycles. The maximum Gasteiger partial charge on any atom is 0.237 e. The molecule has 0 spiro atoms. The molecular weight excluding hydrogens is 216 g/mol. The van der Waals surface area contributed by atoms with Crippen molar-refractivity contribution in [3.8, 4) is 0 Å². The minimum absolute atomic E-state index is 0.00218. The van der Waals surface area contributed by atoms with E-state index in [1.807, 2.05) is 0 Å². The Bertz CT molecular complexity index is 196. The number of nitrogens with two attached hydrogens (primary N) is 1. The first-order chi connectivity index (χ1) is 7.29. The van der Waals surface area contributed by atoms with E-state index in [2.05, 4.69) is 5.43 Å². The standard InChI is InChI=1S/C10H19ClN2O2/c11-5-1-2-9(10(14)13-12)8-3-6-15-7-4-8/h8-9H,1-7,12H2,(H,13,14). The molecule has 1 rings (SSSR count). The number of carbonyl (C=O) groups is 1. The smallest absolute Gasteiger partial charge is 0.237 e. The fourth-order valence-electron chi connectivity index (χ4n) is 2.10. The lowest BCUT2D eigenvalue weighted by molar-refractivity contribution is -0.128. The van der Waals surface area contributed by atoms with E-state index in [1.165, 1.54) is 0 Å². The fraction of sp³-hybridized carbons (Fsp3) is 0.900. The molecule has 1 amide bonds. The SMILES string of the molecule is NNC(=O)C(CCCCl)C1CCOCC1. The van der Waals surface area contributed by atoms with Gasteiger partial charge in [-0.05, 0) is 31.6 Å². The van der Waals surface area contributed by atoms with Crippen LogP contribution < -0.4 is 11.3 Å². The van der Waals surface area contributed by atoms with E-state index in [4.69, 9.17) is 22.2 Å². The highest BCUT2D eigenvalue weighted by molar-refractivity contribution is 6.17. The van der Waals surface area contributed by atoms with Gasteiger partial charge in [-0.15, -0.1) is 11.6 Å². The molecule has 0 saturated carbocycles. The summed E-state index contributed by atoms with van der Waals surface area (Å²) in [6, 6.07) is 0. The van der Waals surface area contributed by atoms with Crippen molar-refractivity contribution in [1.82, 2.24) is 5.43 Å². The normalized spacial score (nSPS) is 19.9. The highest BCUT2D eigenvalue weighted by Gasteiger charge is 2.28. The van der Waals surface area contributed by atoms with E-state index in [1.54, 1.807) is 0 Å². The van der Waals surface area contributed by atoms with Crippen LogP contribution in [-0.2, 0) is 9.53 Å². The van der Waals surface area contributed by atoms with E-state index in [0.29, 0.717) is 11.8 Å². The van der Waals surface area contributed by atoms with Crippen LogP contribution in [0.25, 0.3) is 0 Å². The molecule has 88 valence electrons. The van der Waals surface area contributed by atoms with Gasteiger partial charge in [0.05, 0.1) is 0 Å². The Kier molecular flexibility index (Phi) is 5.98. The van der Waals surface area contributed by atoms with Crippen molar-refractivity contribution < 1.29 is 9.53 Å². The molecule has 1 fully saturated rings. The van der Waals surface area contributed by atoms with E-state index >= 15 is 0 Å². The van der Waals surface area contributed by atoms with Crippen LogP contribution in [0.4, 0.5) is 0 Å². The predicted octanol–water partition coefficient (Wildman–Crippen LogP) is 1.04. The molecule has 1 saturated heterocycles. The molecule has 0 bridgehead atoms.